The molecule has 61 heavy (non-hydrogen) atoms. The Labute approximate surface area is 374 Å². The molecule has 352 valence electrons. The highest BCUT2D eigenvalue weighted by molar-refractivity contribution is 5.70. The molecule has 0 rings (SSSR count). The van der Waals surface area contributed by atoms with Gasteiger partial charge < -0.3 is 33.3 Å². The highest BCUT2D eigenvalue weighted by Gasteiger charge is 2.21. The molecule has 0 aromatic rings. The molecular formula is C52H91NO8. The zero-order valence-electron chi connectivity index (χ0n) is 39.8. The van der Waals surface area contributed by atoms with E-state index < -0.39 is 24.3 Å². The summed E-state index contributed by atoms with van der Waals surface area (Å²) in [6.45, 7) is 4.63. The number of rotatable bonds is 44. The lowest BCUT2D eigenvalue weighted by Crippen LogP contribution is -2.44. The lowest BCUT2D eigenvalue weighted by atomic mass is 10.1. The van der Waals surface area contributed by atoms with Crippen molar-refractivity contribution in [2.45, 2.75) is 206 Å². The van der Waals surface area contributed by atoms with E-state index in [0.717, 1.165) is 89.9 Å². The molecule has 0 saturated carbocycles. The van der Waals surface area contributed by atoms with Crippen LogP contribution in [-0.2, 0) is 33.3 Å². The molecule has 0 radical (unpaired) electrons. The summed E-state index contributed by atoms with van der Waals surface area (Å²) >= 11 is 0. The average Bonchev–Trinajstić information content (AvgIpc) is 3.22. The third-order valence-corrected chi connectivity index (χ3v) is 10.2. The Kier molecular flexibility index (Phi) is 41.5. The van der Waals surface area contributed by atoms with Gasteiger partial charge in [0, 0.05) is 12.8 Å². The predicted octanol–water partition coefficient (Wildman–Crippen LogP) is 12.0. The number of carbonyl (C=O) groups is 3. The fourth-order valence-electron chi connectivity index (χ4n) is 6.40. The summed E-state index contributed by atoms with van der Waals surface area (Å²) in [5.41, 5.74) is 0. The molecule has 0 bridgehead atoms. The Hall–Kier alpha value is -3.01. The normalized spacial score (nSPS) is 13.4. The summed E-state index contributed by atoms with van der Waals surface area (Å²) < 4.78 is 22.6. The van der Waals surface area contributed by atoms with E-state index in [0.29, 0.717) is 17.4 Å². The number of aliphatic carboxylic acids is 1. The van der Waals surface area contributed by atoms with Crippen LogP contribution in [0.15, 0.2) is 60.8 Å². The summed E-state index contributed by atoms with van der Waals surface area (Å²) in [7, 11) is 5.90. The van der Waals surface area contributed by atoms with Gasteiger partial charge in [-0.2, -0.15) is 0 Å². The number of esters is 2. The lowest BCUT2D eigenvalue weighted by molar-refractivity contribution is -0.870. The SMILES string of the molecule is CCC/C=C\C/C=C\CCCCCCCC(=O)OCC(COC(OCC[N+](C)(C)C)C(=O)[O-])OC(=O)CCCCCCCCCC/C=C\C/C=C\C/C=C\CCCCCCC. The molecule has 0 aliphatic carbocycles. The molecule has 0 aromatic heterocycles. The molecule has 9 heteroatoms. The first-order chi connectivity index (χ1) is 29.6. The van der Waals surface area contributed by atoms with E-state index in [9.17, 15) is 19.5 Å². The van der Waals surface area contributed by atoms with Gasteiger partial charge in [-0.1, -0.05) is 164 Å². The van der Waals surface area contributed by atoms with Crippen LogP contribution >= 0.6 is 0 Å². The van der Waals surface area contributed by atoms with Crippen LogP contribution in [0.4, 0.5) is 0 Å². The molecule has 0 amide bonds. The van der Waals surface area contributed by atoms with E-state index in [2.05, 4.69) is 74.6 Å². The van der Waals surface area contributed by atoms with Crippen LogP contribution in [-0.4, -0.2) is 82.3 Å². The van der Waals surface area contributed by atoms with Gasteiger partial charge >= 0.3 is 11.9 Å². The van der Waals surface area contributed by atoms with Gasteiger partial charge in [-0.3, -0.25) is 9.59 Å². The highest BCUT2D eigenvalue weighted by atomic mass is 16.7. The maximum atomic E-state index is 12.8. The number of carboxylic acid groups (broad SMARTS) is 1. The van der Waals surface area contributed by atoms with Crippen LogP contribution in [0.2, 0.25) is 0 Å². The van der Waals surface area contributed by atoms with Crippen molar-refractivity contribution < 1.29 is 42.9 Å². The largest absolute Gasteiger partial charge is 0.545 e. The third kappa shape index (κ3) is 44.8. The van der Waals surface area contributed by atoms with E-state index in [4.69, 9.17) is 18.9 Å². The Morgan fingerprint density at radius 1 is 0.492 bits per heavy atom. The first kappa shape index (κ1) is 58.0. The minimum Gasteiger partial charge on any atom is -0.545 e. The number of nitrogens with zero attached hydrogens (tertiary/aromatic N) is 1. The Morgan fingerprint density at radius 3 is 1.38 bits per heavy atom. The van der Waals surface area contributed by atoms with Crippen LogP contribution in [0.3, 0.4) is 0 Å². The van der Waals surface area contributed by atoms with Crippen LogP contribution in [0.1, 0.15) is 194 Å². The Bertz CT molecular complexity index is 1180. The van der Waals surface area contributed by atoms with Crippen molar-refractivity contribution in [2.24, 2.45) is 0 Å². The second kappa shape index (κ2) is 43.6. The molecule has 9 nitrogen and oxygen atoms in total. The number of ether oxygens (including phenoxy) is 4. The maximum Gasteiger partial charge on any atom is 0.306 e. The molecule has 0 N–H and O–H groups in total. The number of carbonyl (C=O) groups excluding carboxylic acids is 3. The van der Waals surface area contributed by atoms with Crippen LogP contribution in [0.5, 0.6) is 0 Å². The van der Waals surface area contributed by atoms with Crippen molar-refractivity contribution in [3.8, 4) is 0 Å². The van der Waals surface area contributed by atoms with Crippen molar-refractivity contribution in [2.75, 3.05) is 47.5 Å². The molecule has 0 aromatic carbocycles. The van der Waals surface area contributed by atoms with Gasteiger partial charge in [-0.15, -0.1) is 0 Å². The average molecular weight is 858 g/mol. The zero-order chi connectivity index (χ0) is 44.9. The number of quaternary nitrogens is 1. The highest BCUT2D eigenvalue weighted by Crippen LogP contribution is 2.14. The van der Waals surface area contributed by atoms with Crippen molar-refractivity contribution in [3.05, 3.63) is 60.8 Å². The fourth-order valence-corrected chi connectivity index (χ4v) is 6.40. The Balaban J connectivity index is 4.37. The molecule has 0 spiro atoms. The predicted molar refractivity (Wildman–Crippen MR) is 251 cm³/mol. The maximum absolute atomic E-state index is 12.8. The van der Waals surface area contributed by atoms with Gasteiger partial charge in [0.25, 0.3) is 0 Å². The van der Waals surface area contributed by atoms with Crippen molar-refractivity contribution in [1.29, 1.82) is 0 Å². The molecule has 2 unspecified atom stereocenters. The van der Waals surface area contributed by atoms with Crippen molar-refractivity contribution in [3.63, 3.8) is 0 Å². The second-order valence-corrected chi connectivity index (χ2v) is 17.4. The van der Waals surface area contributed by atoms with E-state index in [1.807, 2.05) is 21.1 Å². The van der Waals surface area contributed by atoms with Gasteiger partial charge in [-0.05, 0) is 77.0 Å². The molecule has 0 fully saturated rings. The summed E-state index contributed by atoms with van der Waals surface area (Å²) in [4.78, 5) is 37.0. The summed E-state index contributed by atoms with van der Waals surface area (Å²) in [6, 6.07) is 0. The number of likely N-dealkylation sites (N-methyl/N-ethyl adjacent to an activating group) is 1. The van der Waals surface area contributed by atoms with Gasteiger partial charge in [0.05, 0.1) is 40.3 Å². The van der Waals surface area contributed by atoms with Gasteiger partial charge in [0.1, 0.15) is 13.2 Å². The monoisotopic (exact) mass is 858 g/mol. The third-order valence-electron chi connectivity index (χ3n) is 10.2. The number of unbranched alkanes of at least 4 members (excludes halogenated alkanes) is 19. The van der Waals surface area contributed by atoms with Gasteiger partial charge in [0.15, 0.2) is 12.4 Å². The summed E-state index contributed by atoms with van der Waals surface area (Å²) in [5.74, 6) is -2.32. The first-order valence-corrected chi connectivity index (χ1v) is 24.4. The van der Waals surface area contributed by atoms with Crippen LogP contribution in [0, 0.1) is 0 Å². The smallest absolute Gasteiger partial charge is 0.306 e. The fraction of sp³-hybridized carbons (Fsp3) is 0.750. The lowest BCUT2D eigenvalue weighted by Gasteiger charge is -2.26. The number of allylic oxidation sites excluding steroid dienone is 10. The Morgan fingerprint density at radius 2 is 0.918 bits per heavy atom. The number of hydrogen-bond acceptors (Lipinski definition) is 8. The minimum absolute atomic E-state index is 0.141. The molecule has 0 heterocycles. The van der Waals surface area contributed by atoms with Crippen LogP contribution < -0.4 is 5.11 Å². The summed E-state index contributed by atoms with van der Waals surface area (Å²) in [6.07, 6.45) is 49.7. The van der Waals surface area contributed by atoms with Gasteiger partial charge in [0.2, 0.25) is 0 Å². The van der Waals surface area contributed by atoms with Crippen LogP contribution in [0.25, 0.3) is 0 Å². The molecule has 0 saturated heterocycles. The van der Waals surface area contributed by atoms with Gasteiger partial charge in [-0.25, -0.2) is 0 Å². The molecular weight excluding hydrogens is 767 g/mol. The van der Waals surface area contributed by atoms with E-state index in [-0.39, 0.29) is 38.6 Å². The van der Waals surface area contributed by atoms with E-state index >= 15 is 0 Å². The molecule has 0 aliphatic rings. The quantitative estimate of drug-likeness (QED) is 0.0196. The topological polar surface area (TPSA) is 111 Å². The standard InChI is InChI=1S/C52H91NO8/c1-6-8-10-12-14-16-18-20-21-22-23-24-25-26-27-28-29-31-33-35-37-39-41-43-50(55)61-48(47-60-52(51(56)57)58-45-44-53(3,4)5)46-59-49(54)42-40-38-36-34-32-30-19-17-15-13-11-9-7-2/h11,13,17-20,22-23,25-26,48,52H,6-10,12,14-16,21,24,27-47H2,1-5H3/b13-11-,19-17-,20-18-,23-22-,26-25-. The van der Waals surface area contributed by atoms with Crippen molar-refractivity contribution >= 4 is 17.9 Å². The van der Waals surface area contributed by atoms with Crippen molar-refractivity contribution in [1.82, 2.24) is 0 Å². The van der Waals surface area contributed by atoms with E-state index in [1.165, 1.54) is 70.6 Å². The molecule has 0 aliphatic heterocycles. The summed E-state index contributed by atoms with van der Waals surface area (Å²) in [5, 5.41) is 11.7. The second-order valence-electron chi connectivity index (χ2n) is 17.4. The number of carboxylic acids is 1. The van der Waals surface area contributed by atoms with E-state index in [1.54, 1.807) is 0 Å². The first-order valence-electron chi connectivity index (χ1n) is 24.4. The number of hydrogen-bond donors (Lipinski definition) is 0. The minimum atomic E-state index is -1.63. The molecule has 2 atom stereocenters. The zero-order valence-corrected chi connectivity index (χ0v) is 39.8.